The average Bonchev–Trinajstić information content (AvgIpc) is 3.42. The second-order valence-electron chi connectivity index (χ2n) is 7.13. The zero-order valence-electron chi connectivity index (χ0n) is 15.9. The number of rotatable bonds is 4. The quantitative estimate of drug-likeness (QED) is 0.579. The van der Waals surface area contributed by atoms with Crippen LogP contribution in [0.5, 0.6) is 0 Å². The number of carbonyl (C=O) groups is 1. The standard InChI is InChI=1S/C21H21N7O/c29-20(14-16-15-22-19-9-5-4-8-18(16)19)26-10-12-27(13-11-26)21-23-24-25-28(21)17-6-2-1-3-7-17/h1-9,15,22H,10-14H2. The van der Waals surface area contributed by atoms with Gasteiger partial charge in [-0.05, 0) is 34.2 Å². The molecule has 8 heteroatoms. The fourth-order valence-electron chi connectivity index (χ4n) is 3.82. The summed E-state index contributed by atoms with van der Waals surface area (Å²) in [6.07, 6.45) is 2.35. The van der Waals surface area contributed by atoms with Gasteiger partial charge in [-0.1, -0.05) is 41.5 Å². The first-order valence-electron chi connectivity index (χ1n) is 9.71. The van der Waals surface area contributed by atoms with Gasteiger partial charge in [-0.3, -0.25) is 4.79 Å². The van der Waals surface area contributed by atoms with Crippen LogP contribution in [0.2, 0.25) is 0 Å². The van der Waals surface area contributed by atoms with Crippen molar-refractivity contribution in [3.05, 3.63) is 66.4 Å². The van der Waals surface area contributed by atoms with Crippen LogP contribution in [0.4, 0.5) is 5.95 Å². The summed E-state index contributed by atoms with van der Waals surface area (Å²) in [6, 6.07) is 17.9. The molecule has 2 aromatic heterocycles. The maximum atomic E-state index is 12.8. The van der Waals surface area contributed by atoms with Gasteiger partial charge in [0.05, 0.1) is 12.1 Å². The van der Waals surface area contributed by atoms with Crippen LogP contribution in [0, 0.1) is 0 Å². The molecule has 1 aliphatic rings. The summed E-state index contributed by atoms with van der Waals surface area (Å²) < 4.78 is 1.74. The van der Waals surface area contributed by atoms with Crippen molar-refractivity contribution in [2.45, 2.75) is 6.42 Å². The molecule has 5 rings (SSSR count). The molecular formula is C21H21N7O. The summed E-state index contributed by atoms with van der Waals surface area (Å²) >= 11 is 0. The summed E-state index contributed by atoms with van der Waals surface area (Å²) in [5, 5.41) is 13.3. The first kappa shape index (κ1) is 17.4. The molecule has 0 bridgehead atoms. The lowest BCUT2D eigenvalue weighted by atomic mass is 10.1. The number of hydrogen-bond acceptors (Lipinski definition) is 5. The summed E-state index contributed by atoms with van der Waals surface area (Å²) in [4.78, 5) is 20.1. The Morgan fingerprint density at radius 2 is 1.72 bits per heavy atom. The second kappa shape index (κ2) is 7.38. The number of tetrazole rings is 1. The maximum absolute atomic E-state index is 12.8. The molecule has 3 heterocycles. The fourth-order valence-corrected chi connectivity index (χ4v) is 3.82. The number of carbonyl (C=O) groups excluding carboxylic acids is 1. The predicted octanol–water partition coefficient (Wildman–Crippen LogP) is 2.03. The third-order valence-corrected chi connectivity index (χ3v) is 5.39. The van der Waals surface area contributed by atoms with Crippen LogP contribution in [-0.2, 0) is 11.2 Å². The van der Waals surface area contributed by atoms with E-state index in [1.165, 1.54) is 0 Å². The monoisotopic (exact) mass is 387 g/mol. The van der Waals surface area contributed by atoms with E-state index in [2.05, 4.69) is 31.5 Å². The fraction of sp³-hybridized carbons (Fsp3) is 0.238. The lowest BCUT2D eigenvalue weighted by Gasteiger charge is -2.34. The Morgan fingerprint density at radius 3 is 2.55 bits per heavy atom. The molecule has 1 aliphatic heterocycles. The molecule has 4 aromatic rings. The minimum absolute atomic E-state index is 0.150. The maximum Gasteiger partial charge on any atom is 0.250 e. The Hall–Kier alpha value is -3.68. The average molecular weight is 387 g/mol. The van der Waals surface area contributed by atoms with Gasteiger partial charge in [0.25, 0.3) is 0 Å². The van der Waals surface area contributed by atoms with Gasteiger partial charge >= 0.3 is 0 Å². The van der Waals surface area contributed by atoms with E-state index in [9.17, 15) is 4.79 Å². The summed E-state index contributed by atoms with van der Waals surface area (Å²) in [5.41, 5.74) is 3.03. The number of fused-ring (bicyclic) bond motifs is 1. The highest BCUT2D eigenvalue weighted by atomic mass is 16.2. The smallest absolute Gasteiger partial charge is 0.250 e. The van der Waals surface area contributed by atoms with Gasteiger partial charge in [-0.25, -0.2) is 0 Å². The van der Waals surface area contributed by atoms with E-state index < -0.39 is 0 Å². The number of benzene rings is 2. The number of anilines is 1. The molecule has 8 nitrogen and oxygen atoms in total. The molecule has 1 saturated heterocycles. The van der Waals surface area contributed by atoms with Gasteiger partial charge in [0, 0.05) is 43.3 Å². The first-order valence-corrected chi connectivity index (χ1v) is 9.71. The highest BCUT2D eigenvalue weighted by Crippen LogP contribution is 2.20. The van der Waals surface area contributed by atoms with Crippen LogP contribution in [0.1, 0.15) is 5.56 Å². The van der Waals surface area contributed by atoms with Crippen LogP contribution in [0.25, 0.3) is 16.6 Å². The third kappa shape index (κ3) is 3.33. The van der Waals surface area contributed by atoms with E-state index in [1.54, 1.807) is 4.68 Å². The molecule has 1 fully saturated rings. The molecular weight excluding hydrogens is 366 g/mol. The molecule has 0 atom stereocenters. The van der Waals surface area contributed by atoms with Crippen molar-refractivity contribution in [2.75, 3.05) is 31.1 Å². The number of piperazine rings is 1. The highest BCUT2D eigenvalue weighted by Gasteiger charge is 2.25. The molecule has 146 valence electrons. The van der Waals surface area contributed by atoms with Gasteiger partial charge in [0.1, 0.15) is 0 Å². The van der Waals surface area contributed by atoms with Gasteiger partial charge in [0.2, 0.25) is 11.9 Å². The molecule has 0 unspecified atom stereocenters. The van der Waals surface area contributed by atoms with E-state index in [0.29, 0.717) is 38.5 Å². The number of H-pyrrole nitrogens is 1. The van der Waals surface area contributed by atoms with Crippen LogP contribution in [0.15, 0.2) is 60.8 Å². The van der Waals surface area contributed by atoms with Crippen molar-refractivity contribution in [1.82, 2.24) is 30.1 Å². The molecule has 0 spiro atoms. The van der Waals surface area contributed by atoms with Crippen molar-refractivity contribution in [1.29, 1.82) is 0 Å². The minimum Gasteiger partial charge on any atom is -0.361 e. The lowest BCUT2D eigenvalue weighted by molar-refractivity contribution is -0.130. The Labute approximate surface area is 167 Å². The molecule has 2 aromatic carbocycles. The summed E-state index contributed by atoms with van der Waals surface area (Å²) in [7, 11) is 0. The van der Waals surface area contributed by atoms with Crippen molar-refractivity contribution in [3.8, 4) is 5.69 Å². The zero-order valence-corrected chi connectivity index (χ0v) is 15.9. The van der Waals surface area contributed by atoms with E-state index >= 15 is 0 Å². The van der Waals surface area contributed by atoms with E-state index in [4.69, 9.17) is 0 Å². The lowest BCUT2D eigenvalue weighted by Crippen LogP contribution is -2.49. The van der Waals surface area contributed by atoms with E-state index in [1.807, 2.05) is 59.6 Å². The van der Waals surface area contributed by atoms with Gasteiger partial charge < -0.3 is 14.8 Å². The second-order valence-corrected chi connectivity index (χ2v) is 7.13. The number of amides is 1. The topological polar surface area (TPSA) is 82.9 Å². The summed E-state index contributed by atoms with van der Waals surface area (Å²) in [5.74, 6) is 0.858. The number of para-hydroxylation sites is 2. The number of aromatic amines is 1. The minimum atomic E-state index is 0.150. The normalized spacial score (nSPS) is 14.5. The number of aromatic nitrogens is 5. The van der Waals surface area contributed by atoms with Crippen molar-refractivity contribution in [3.63, 3.8) is 0 Å². The van der Waals surface area contributed by atoms with Crippen molar-refractivity contribution < 1.29 is 4.79 Å². The van der Waals surface area contributed by atoms with Gasteiger partial charge in [-0.2, -0.15) is 4.68 Å². The Bertz CT molecular complexity index is 1130. The van der Waals surface area contributed by atoms with Gasteiger partial charge in [0.15, 0.2) is 0 Å². The summed E-state index contributed by atoms with van der Waals surface area (Å²) in [6.45, 7) is 2.71. The van der Waals surface area contributed by atoms with E-state index in [0.717, 1.165) is 22.2 Å². The van der Waals surface area contributed by atoms with Crippen molar-refractivity contribution in [2.24, 2.45) is 0 Å². The molecule has 0 saturated carbocycles. The predicted molar refractivity (Wildman–Crippen MR) is 110 cm³/mol. The van der Waals surface area contributed by atoms with Crippen LogP contribution in [0.3, 0.4) is 0 Å². The van der Waals surface area contributed by atoms with E-state index in [-0.39, 0.29) is 5.91 Å². The van der Waals surface area contributed by atoms with Crippen LogP contribution >= 0.6 is 0 Å². The molecule has 0 aliphatic carbocycles. The largest absolute Gasteiger partial charge is 0.361 e. The number of hydrogen-bond donors (Lipinski definition) is 1. The highest BCUT2D eigenvalue weighted by molar-refractivity contribution is 5.89. The molecule has 1 N–H and O–H groups in total. The molecule has 1 amide bonds. The molecule has 29 heavy (non-hydrogen) atoms. The third-order valence-electron chi connectivity index (χ3n) is 5.39. The van der Waals surface area contributed by atoms with Crippen molar-refractivity contribution >= 4 is 22.8 Å². The zero-order chi connectivity index (χ0) is 19.6. The van der Waals surface area contributed by atoms with Gasteiger partial charge in [-0.15, -0.1) is 0 Å². The Kier molecular flexibility index (Phi) is 4.44. The van der Waals surface area contributed by atoms with Crippen LogP contribution in [-0.4, -0.2) is 62.2 Å². The number of nitrogens with one attached hydrogen (secondary N) is 1. The first-order chi connectivity index (χ1) is 14.3. The van der Waals surface area contributed by atoms with Crippen LogP contribution < -0.4 is 4.90 Å². The SMILES string of the molecule is O=C(Cc1c[nH]c2ccccc12)N1CCN(c2nnnn2-c2ccccc2)CC1. The Balaban J connectivity index is 1.25. The number of nitrogens with zero attached hydrogens (tertiary/aromatic N) is 6. The Morgan fingerprint density at radius 1 is 0.966 bits per heavy atom. The molecule has 0 radical (unpaired) electrons.